The Morgan fingerprint density at radius 3 is 2.18 bits per heavy atom. The molecule has 0 amide bonds. The first kappa shape index (κ1) is 13.3. The molecule has 0 spiro atoms. The van der Waals surface area contributed by atoms with Gasteiger partial charge in [0.25, 0.3) is 5.56 Å². The number of fused-ring (bicyclic) bond motifs is 1. The zero-order chi connectivity index (χ0) is 13.2. The maximum absolute atomic E-state index is 11.7. The van der Waals surface area contributed by atoms with Crippen molar-refractivity contribution < 1.29 is 5.11 Å². The second-order valence-electron chi connectivity index (χ2n) is 3.89. The number of rotatable bonds is 0. The van der Waals surface area contributed by atoms with E-state index in [0.717, 1.165) is 22.0 Å². The lowest BCUT2D eigenvalue weighted by Crippen LogP contribution is -2.19. The van der Waals surface area contributed by atoms with Crippen LogP contribution in [0.3, 0.4) is 0 Å². The Morgan fingerprint density at radius 1 is 1.06 bits per heavy atom. The van der Waals surface area contributed by atoms with Gasteiger partial charge in [-0.15, -0.1) is 0 Å². The average molecular weight is 233 g/mol. The van der Waals surface area contributed by atoms with Gasteiger partial charge >= 0.3 is 0 Å². The molecule has 0 aliphatic heterocycles. The Bertz CT molecular complexity index is 597. The van der Waals surface area contributed by atoms with E-state index < -0.39 is 0 Å². The number of nitrogens with zero attached hydrogens (tertiary/aromatic N) is 1. The third-order valence-corrected chi connectivity index (χ3v) is 2.72. The van der Waals surface area contributed by atoms with Gasteiger partial charge in [0.2, 0.25) is 0 Å². The highest BCUT2D eigenvalue weighted by Crippen LogP contribution is 2.23. The van der Waals surface area contributed by atoms with Gasteiger partial charge in [0.05, 0.1) is 5.52 Å². The molecule has 1 aromatic heterocycles. The van der Waals surface area contributed by atoms with Gasteiger partial charge in [-0.2, -0.15) is 0 Å². The second-order valence-corrected chi connectivity index (χ2v) is 3.89. The first-order valence-electron chi connectivity index (χ1n) is 5.80. The molecule has 2 aromatic rings. The molecule has 3 heteroatoms. The van der Waals surface area contributed by atoms with Crippen molar-refractivity contribution in [1.82, 2.24) is 4.57 Å². The molecule has 1 N–H and O–H groups in total. The molecule has 92 valence electrons. The maximum Gasteiger partial charge on any atom is 0.253 e. The van der Waals surface area contributed by atoms with Crippen molar-refractivity contribution >= 4 is 10.9 Å². The van der Waals surface area contributed by atoms with Crippen LogP contribution in [0.15, 0.2) is 23.0 Å². The van der Waals surface area contributed by atoms with Crippen LogP contribution >= 0.6 is 0 Å². The maximum atomic E-state index is 11.7. The highest BCUT2D eigenvalue weighted by atomic mass is 16.3. The molecule has 0 unspecified atom stereocenters. The van der Waals surface area contributed by atoms with Gasteiger partial charge < -0.3 is 9.67 Å². The third-order valence-electron chi connectivity index (χ3n) is 2.72. The molecule has 0 atom stereocenters. The summed E-state index contributed by atoms with van der Waals surface area (Å²) in [5.41, 5.74) is 2.27. The fraction of sp³-hybridized carbons (Fsp3) is 0.357. The number of phenols is 1. The summed E-state index contributed by atoms with van der Waals surface area (Å²) >= 11 is 0. The quantitative estimate of drug-likeness (QED) is 0.760. The zero-order valence-electron chi connectivity index (χ0n) is 11.0. The van der Waals surface area contributed by atoms with Crippen molar-refractivity contribution in [2.24, 2.45) is 7.05 Å². The smallest absolute Gasteiger partial charge is 0.253 e. The molecule has 0 aliphatic carbocycles. The average Bonchev–Trinajstić information content (AvgIpc) is 2.32. The lowest BCUT2D eigenvalue weighted by Gasteiger charge is -2.08. The first-order chi connectivity index (χ1) is 8.00. The number of pyridine rings is 1. The molecule has 0 saturated heterocycles. The van der Waals surface area contributed by atoms with Crippen LogP contribution in [0.25, 0.3) is 10.9 Å². The zero-order valence-corrected chi connectivity index (χ0v) is 11.0. The van der Waals surface area contributed by atoms with Crippen LogP contribution in [0.1, 0.15) is 25.0 Å². The van der Waals surface area contributed by atoms with Crippen LogP contribution in [0.5, 0.6) is 5.75 Å². The monoisotopic (exact) mass is 233 g/mol. The van der Waals surface area contributed by atoms with Gasteiger partial charge in [0.1, 0.15) is 5.75 Å². The van der Waals surface area contributed by atoms with Crippen LogP contribution in [0.4, 0.5) is 0 Å². The van der Waals surface area contributed by atoms with Crippen LogP contribution < -0.4 is 5.56 Å². The number of phenolic OH excluding ortho intramolecular Hbond substituents is 1. The molecule has 1 heterocycles. The Morgan fingerprint density at radius 2 is 1.59 bits per heavy atom. The van der Waals surface area contributed by atoms with E-state index in [4.69, 9.17) is 0 Å². The third kappa shape index (κ3) is 2.33. The molecule has 0 radical (unpaired) electrons. The van der Waals surface area contributed by atoms with Crippen molar-refractivity contribution in [3.05, 3.63) is 39.7 Å². The van der Waals surface area contributed by atoms with E-state index in [2.05, 4.69) is 0 Å². The van der Waals surface area contributed by atoms with Crippen molar-refractivity contribution in [2.45, 2.75) is 27.7 Å². The van der Waals surface area contributed by atoms with Gasteiger partial charge in [-0.05, 0) is 36.9 Å². The van der Waals surface area contributed by atoms with Gasteiger partial charge in [-0.3, -0.25) is 4.79 Å². The minimum atomic E-state index is -0.0225. The SMILES string of the molecule is CC.Cc1cc2cc(C)c(=O)n(C)c2cc1O. The summed E-state index contributed by atoms with van der Waals surface area (Å²) in [6.45, 7) is 7.64. The Kier molecular flexibility index (Phi) is 3.94. The molecule has 0 aliphatic rings. The molecule has 0 fully saturated rings. The van der Waals surface area contributed by atoms with E-state index in [1.807, 2.05) is 32.9 Å². The first-order valence-corrected chi connectivity index (χ1v) is 5.80. The minimum absolute atomic E-state index is 0.0225. The van der Waals surface area contributed by atoms with Gasteiger partial charge in [0, 0.05) is 18.7 Å². The Hall–Kier alpha value is -1.77. The van der Waals surface area contributed by atoms with E-state index in [1.165, 1.54) is 0 Å². The molecule has 1 aromatic carbocycles. The van der Waals surface area contributed by atoms with Gasteiger partial charge in [0.15, 0.2) is 0 Å². The van der Waals surface area contributed by atoms with Crippen LogP contribution in [0.2, 0.25) is 0 Å². The predicted molar refractivity (Wildman–Crippen MR) is 71.7 cm³/mol. The lowest BCUT2D eigenvalue weighted by molar-refractivity contribution is 0.471. The minimum Gasteiger partial charge on any atom is -0.508 e. The summed E-state index contributed by atoms with van der Waals surface area (Å²) < 4.78 is 1.56. The molecule has 0 saturated carbocycles. The summed E-state index contributed by atoms with van der Waals surface area (Å²) in [6, 6.07) is 5.37. The molecule has 3 nitrogen and oxygen atoms in total. The topological polar surface area (TPSA) is 42.2 Å². The number of aryl methyl sites for hydroxylation is 3. The summed E-state index contributed by atoms with van der Waals surface area (Å²) in [5.74, 6) is 0.223. The number of aromatic hydroxyl groups is 1. The normalized spacial score (nSPS) is 9.94. The fourth-order valence-corrected chi connectivity index (χ4v) is 1.78. The molecule has 17 heavy (non-hydrogen) atoms. The van der Waals surface area contributed by atoms with Crippen molar-refractivity contribution in [2.75, 3.05) is 0 Å². The van der Waals surface area contributed by atoms with E-state index >= 15 is 0 Å². The standard InChI is InChI=1S/C12H13NO2.C2H6/c1-7-4-9-5-8(2)12(15)13(3)10(9)6-11(7)14;1-2/h4-6,14H,1-3H3;1-2H3. The molecule has 2 rings (SSSR count). The van der Waals surface area contributed by atoms with Gasteiger partial charge in [-0.25, -0.2) is 0 Å². The van der Waals surface area contributed by atoms with Gasteiger partial charge in [-0.1, -0.05) is 13.8 Å². The number of hydrogen-bond donors (Lipinski definition) is 1. The lowest BCUT2D eigenvalue weighted by atomic mass is 10.1. The van der Waals surface area contributed by atoms with Crippen molar-refractivity contribution in [3.63, 3.8) is 0 Å². The van der Waals surface area contributed by atoms with Crippen molar-refractivity contribution in [1.29, 1.82) is 0 Å². The summed E-state index contributed by atoms with van der Waals surface area (Å²) in [7, 11) is 1.71. The van der Waals surface area contributed by atoms with Crippen LogP contribution in [0, 0.1) is 13.8 Å². The second kappa shape index (κ2) is 5.04. The molecule has 0 bridgehead atoms. The highest BCUT2D eigenvalue weighted by Gasteiger charge is 2.05. The van der Waals surface area contributed by atoms with E-state index in [1.54, 1.807) is 24.6 Å². The number of hydrogen-bond acceptors (Lipinski definition) is 2. The Balaban J connectivity index is 0.000000686. The largest absolute Gasteiger partial charge is 0.508 e. The van der Waals surface area contributed by atoms with E-state index in [9.17, 15) is 9.90 Å². The molecular formula is C14H19NO2. The summed E-state index contributed by atoms with van der Waals surface area (Å²) in [4.78, 5) is 11.7. The van der Waals surface area contributed by atoms with Crippen LogP contribution in [-0.2, 0) is 7.05 Å². The highest BCUT2D eigenvalue weighted by molar-refractivity contribution is 5.82. The fourth-order valence-electron chi connectivity index (χ4n) is 1.78. The van der Waals surface area contributed by atoms with E-state index in [0.29, 0.717) is 0 Å². The van der Waals surface area contributed by atoms with Crippen LogP contribution in [-0.4, -0.2) is 9.67 Å². The van der Waals surface area contributed by atoms with E-state index in [-0.39, 0.29) is 11.3 Å². The van der Waals surface area contributed by atoms with Crippen molar-refractivity contribution in [3.8, 4) is 5.75 Å². The number of benzene rings is 1. The number of aromatic nitrogens is 1. The molecular weight excluding hydrogens is 214 g/mol. The summed E-state index contributed by atoms with van der Waals surface area (Å²) in [5, 5.41) is 10.6. The predicted octanol–water partition coefficient (Wildman–Crippen LogP) is 2.89. The summed E-state index contributed by atoms with van der Waals surface area (Å²) in [6.07, 6.45) is 0. The Labute approximate surface area is 101 Å².